The van der Waals surface area contributed by atoms with Crippen molar-refractivity contribution in [2.24, 2.45) is 11.8 Å². The Bertz CT molecular complexity index is 627. The lowest BCUT2D eigenvalue weighted by Crippen LogP contribution is -2.41. The summed E-state index contributed by atoms with van der Waals surface area (Å²) in [6.07, 6.45) is 3.43. The van der Waals surface area contributed by atoms with Gasteiger partial charge in [-0.05, 0) is 48.4 Å². The SMILES string of the molecule is O=C(c1ccc2c(c1)CCC2)N1C[C@@H](CN2CCOCC2)[C@@H](CO)C1. The molecule has 0 unspecified atom stereocenters. The summed E-state index contributed by atoms with van der Waals surface area (Å²) in [5.41, 5.74) is 3.55. The van der Waals surface area contributed by atoms with Crippen molar-refractivity contribution in [2.75, 3.05) is 52.5 Å². The molecule has 0 aromatic heterocycles. The number of ether oxygens (including phenoxy) is 1. The summed E-state index contributed by atoms with van der Waals surface area (Å²) in [4.78, 5) is 17.3. The van der Waals surface area contributed by atoms with Crippen LogP contribution in [-0.4, -0.2) is 73.4 Å². The second-order valence-electron chi connectivity index (χ2n) is 7.66. The predicted molar refractivity (Wildman–Crippen MR) is 95.7 cm³/mol. The largest absolute Gasteiger partial charge is 0.396 e. The number of carbonyl (C=O) groups is 1. The van der Waals surface area contributed by atoms with E-state index >= 15 is 0 Å². The number of hydrogen-bond acceptors (Lipinski definition) is 4. The molecule has 4 rings (SSSR count). The standard InChI is InChI=1S/C20H28N2O3/c23-14-19-13-22(12-18(19)11-21-6-8-25-9-7-21)20(24)17-5-4-15-2-1-3-16(15)10-17/h4-5,10,18-19,23H,1-3,6-9,11-14H2/t18-,19-/m1/s1. The third-order valence-corrected chi connectivity index (χ3v) is 6.04. The molecule has 1 N–H and O–H groups in total. The van der Waals surface area contributed by atoms with E-state index in [-0.39, 0.29) is 18.4 Å². The van der Waals surface area contributed by atoms with Gasteiger partial charge in [-0.2, -0.15) is 0 Å². The molecule has 1 amide bonds. The maximum absolute atomic E-state index is 13.0. The summed E-state index contributed by atoms with van der Waals surface area (Å²) < 4.78 is 5.42. The van der Waals surface area contributed by atoms with Crippen molar-refractivity contribution in [3.63, 3.8) is 0 Å². The maximum atomic E-state index is 13.0. The molecule has 136 valence electrons. The Morgan fingerprint density at radius 2 is 1.88 bits per heavy atom. The molecule has 5 heteroatoms. The molecule has 2 atom stereocenters. The number of aliphatic hydroxyl groups is 1. The predicted octanol–water partition coefficient (Wildman–Crippen LogP) is 1.19. The minimum Gasteiger partial charge on any atom is -0.396 e. The molecule has 25 heavy (non-hydrogen) atoms. The monoisotopic (exact) mass is 344 g/mol. The van der Waals surface area contributed by atoms with E-state index in [2.05, 4.69) is 17.0 Å². The number of hydrogen-bond donors (Lipinski definition) is 1. The van der Waals surface area contributed by atoms with Crippen molar-refractivity contribution in [1.82, 2.24) is 9.80 Å². The third-order valence-electron chi connectivity index (χ3n) is 6.04. The van der Waals surface area contributed by atoms with Crippen LogP contribution in [0.25, 0.3) is 0 Å². The van der Waals surface area contributed by atoms with E-state index in [0.29, 0.717) is 12.5 Å². The Morgan fingerprint density at radius 1 is 1.12 bits per heavy atom. The average molecular weight is 344 g/mol. The number of fused-ring (bicyclic) bond motifs is 1. The molecule has 2 saturated heterocycles. The highest BCUT2D eigenvalue weighted by atomic mass is 16.5. The zero-order valence-electron chi connectivity index (χ0n) is 14.8. The average Bonchev–Trinajstić information content (AvgIpc) is 3.28. The van der Waals surface area contributed by atoms with Crippen molar-refractivity contribution >= 4 is 5.91 Å². The second-order valence-corrected chi connectivity index (χ2v) is 7.66. The first-order chi connectivity index (χ1) is 12.2. The van der Waals surface area contributed by atoms with Crippen LogP contribution in [0.15, 0.2) is 18.2 Å². The summed E-state index contributed by atoms with van der Waals surface area (Å²) in [7, 11) is 0. The number of benzene rings is 1. The molecule has 0 radical (unpaired) electrons. The van der Waals surface area contributed by atoms with Gasteiger partial charge in [-0.3, -0.25) is 9.69 Å². The van der Waals surface area contributed by atoms with E-state index in [0.717, 1.165) is 57.8 Å². The van der Waals surface area contributed by atoms with Gasteiger partial charge < -0.3 is 14.7 Å². The van der Waals surface area contributed by atoms with Crippen molar-refractivity contribution in [1.29, 1.82) is 0 Å². The van der Waals surface area contributed by atoms with Crippen LogP contribution in [0.2, 0.25) is 0 Å². The quantitative estimate of drug-likeness (QED) is 0.891. The van der Waals surface area contributed by atoms with Gasteiger partial charge in [-0.25, -0.2) is 0 Å². The van der Waals surface area contributed by atoms with Crippen LogP contribution in [0.4, 0.5) is 0 Å². The Labute approximate surface area is 149 Å². The number of amides is 1. The minimum atomic E-state index is 0.123. The third kappa shape index (κ3) is 3.59. The Morgan fingerprint density at radius 3 is 2.68 bits per heavy atom. The van der Waals surface area contributed by atoms with E-state index in [1.807, 2.05) is 11.0 Å². The van der Waals surface area contributed by atoms with E-state index in [4.69, 9.17) is 4.74 Å². The zero-order valence-corrected chi connectivity index (χ0v) is 14.8. The molecular weight excluding hydrogens is 316 g/mol. The first-order valence-electron chi connectivity index (χ1n) is 9.56. The lowest BCUT2D eigenvalue weighted by Gasteiger charge is -2.30. The molecule has 0 saturated carbocycles. The summed E-state index contributed by atoms with van der Waals surface area (Å²) in [5, 5.41) is 9.78. The first-order valence-corrected chi connectivity index (χ1v) is 9.56. The van der Waals surface area contributed by atoms with Gasteiger partial charge in [0.15, 0.2) is 0 Å². The number of rotatable bonds is 4. The Balaban J connectivity index is 1.42. The van der Waals surface area contributed by atoms with Gasteiger partial charge in [0, 0.05) is 50.8 Å². The fourth-order valence-corrected chi connectivity index (χ4v) is 4.52. The molecule has 5 nitrogen and oxygen atoms in total. The number of aliphatic hydroxyl groups excluding tert-OH is 1. The highest BCUT2D eigenvalue weighted by molar-refractivity contribution is 5.94. The van der Waals surface area contributed by atoms with E-state index in [1.54, 1.807) is 0 Å². The van der Waals surface area contributed by atoms with Crippen molar-refractivity contribution < 1.29 is 14.6 Å². The van der Waals surface area contributed by atoms with Crippen LogP contribution in [0, 0.1) is 11.8 Å². The van der Waals surface area contributed by atoms with E-state index in [1.165, 1.54) is 17.5 Å². The molecule has 1 aromatic carbocycles. The molecule has 2 aliphatic heterocycles. The Kier molecular flexibility index (Phi) is 5.06. The number of likely N-dealkylation sites (tertiary alicyclic amines) is 1. The van der Waals surface area contributed by atoms with Gasteiger partial charge in [-0.1, -0.05) is 6.07 Å². The normalized spacial score (nSPS) is 26.8. The molecule has 2 fully saturated rings. The summed E-state index contributed by atoms with van der Waals surface area (Å²) >= 11 is 0. The molecule has 0 spiro atoms. The molecule has 3 aliphatic rings. The Hall–Kier alpha value is -1.43. The number of carbonyl (C=O) groups excluding carboxylic acids is 1. The van der Waals surface area contributed by atoms with Gasteiger partial charge in [0.2, 0.25) is 0 Å². The number of nitrogens with zero attached hydrogens (tertiary/aromatic N) is 2. The second kappa shape index (κ2) is 7.44. The van der Waals surface area contributed by atoms with E-state index in [9.17, 15) is 9.90 Å². The molecule has 1 aliphatic carbocycles. The van der Waals surface area contributed by atoms with Crippen molar-refractivity contribution in [3.05, 3.63) is 34.9 Å². The minimum absolute atomic E-state index is 0.123. The van der Waals surface area contributed by atoms with Crippen LogP contribution in [0.3, 0.4) is 0 Å². The highest BCUT2D eigenvalue weighted by Gasteiger charge is 2.36. The fourth-order valence-electron chi connectivity index (χ4n) is 4.52. The number of morpholine rings is 1. The van der Waals surface area contributed by atoms with Gasteiger partial charge in [0.1, 0.15) is 0 Å². The van der Waals surface area contributed by atoms with Gasteiger partial charge in [-0.15, -0.1) is 0 Å². The molecule has 1 aromatic rings. The highest BCUT2D eigenvalue weighted by Crippen LogP contribution is 2.28. The van der Waals surface area contributed by atoms with Crippen LogP contribution in [0.5, 0.6) is 0 Å². The van der Waals surface area contributed by atoms with Gasteiger partial charge >= 0.3 is 0 Å². The molecular formula is C20H28N2O3. The van der Waals surface area contributed by atoms with Gasteiger partial charge in [0.25, 0.3) is 5.91 Å². The van der Waals surface area contributed by atoms with Crippen LogP contribution >= 0.6 is 0 Å². The van der Waals surface area contributed by atoms with Crippen LogP contribution in [-0.2, 0) is 17.6 Å². The molecule has 2 heterocycles. The van der Waals surface area contributed by atoms with Crippen molar-refractivity contribution in [3.8, 4) is 0 Å². The van der Waals surface area contributed by atoms with Gasteiger partial charge in [0.05, 0.1) is 13.2 Å². The summed E-state index contributed by atoms with van der Waals surface area (Å²) in [6.45, 7) is 5.99. The molecule has 0 bridgehead atoms. The van der Waals surface area contributed by atoms with E-state index < -0.39 is 0 Å². The summed E-state index contributed by atoms with van der Waals surface area (Å²) in [5.74, 6) is 0.653. The maximum Gasteiger partial charge on any atom is 0.253 e. The number of aryl methyl sites for hydroxylation is 2. The first kappa shape index (κ1) is 17.0. The topological polar surface area (TPSA) is 53.0 Å². The lowest BCUT2D eigenvalue weighted by atomic mass is 9.96. The fraction of sp³-hybridized carbons (Fsp3) is 0.650. The zero-order chi connectivity index (χ0) is 17.2. The lowest BCUT2D eigenvalue weighted by molar-refractivity contribution is 0.0264. The van der Waals surface area contributed by atoms with Crippen molar-refractivity contribution in [2.45, 2.75) is 19.3 Å². The summed E-state index contributed by atoms with van der Waals surface area (Å²) in [6, 6.07) is 6.20. The smallest absolute Gasteiger partial charge is 0.253 e. The van der Waals surface area contributed by atoms with Crippen LogP contribution in [0.1, 0.15) is 27.9 Å². The van der Waals surface area contributed by atoms with Crippen LogP contribution < -0.4 is 0 Å².